The highest BCUT2D eigenvalue weighted by Crippen LogP contribution is 2.18. The summed E-state index contributed by atoms with van der Waals surface area (Å²) in [5.41, 5.74) is 1.11. The molecule has 0 aromatic heterocycles. The number of aliphatic imine (C=N–C) groups is 1. The fraction of sp³-hybridized carbons (Fsp3) is 0.500. The molecule has 3 nitrogen and oxygen atoms in total. The minimum atomic E-state index is -0.189. The quantitative estimate of drug-likeness (QED) is 0.470. The average molecular weight is 377 g/mol. The molecule has 5 heteroatoms. The van der Waals surface area contributed by atoms with Gasteiger partial charge >= 0.3 is 0 Å². The second-order valence-electron chi connectivity index (χ2n) is 4.56. The van der Waals surface area contributed by atoms with Crippen LogP contribution in [0.4, 0.5) is 4.39 Å². The summed E-state index contributed by atoms with van der Waals surface area (Å²) in [5.74, 6) is 0.702. The van der Waals surface area contributed by atoms with Gasteiger partial charge in [0, 0.05) is 19.1 Å². The standard InChI is InChI=1S/C14H20FN3.HI/c1-2-16-14(18-13-7-8-13)17-10-9-11-3-5-12(15)6-4-11;/h3-6,13H,2,7-10H2,1H3,(H2,16,17,18);1H. The predicted molar refractivity (Wildman–Crippen MR) is 87.7 cm³/mol. The fourth-order valence-electron chi connectivity index (χ4n) is 1.69. The van der Waals surface area contributed by atoms with E-state index in [0.717, 1.165) is 24.5 Å². The third-order valence-corrected chi connectivity index (χ3v) is 2.85. The van der Waals surface area contributed by atoms with Crippen LogP contribution in [0.2, 0.25) is 0 Å². The fourth-order valence-corrected chi connectivity index (χ4v) is 1.69. The van der Waals surface area contributed by atoms with E-state index in [4.69, 9.17) is 0 Å². The monoisotopic (exact) mass is 377 g/mol. The van der Waals surface area contributed by atoms with Crippen molar-refractivity contribution in [1.29, 1.82) is 0 Å². The molecule has 0 spiro atoms. The molecule has 0 bridgehead atoms. The first kappa shape index (κ1) is 16.2. The zero-order chi connectivity index (χ0) is 12.8. The van der Waals surface area contributed by atoms with Crippen LogP contribution in [-0.2, 0) is 6.42 Å². The smallest absolute Gasteiger partial charge is 0.191 e. The summed E-state index contributed by atoms with van der Waals surface area (Å²) in [7, 11) is 0. The van der Waals surface area contributed by atoms with Gasteiger partial charge in [-0.3, -0.25) is 4.99 Å². The van der Waals surface area contributed by atoms with Gasteiger partial charge in [0.05, 0.1) is 0 Å². The molecule has 1 fully saturated rings. The van der Waals surface area contributed by atoms with Crippen molar-refractivity contribution in [2.24, 2.45) is 4.99 Å². The van der Waals surface area contributed by atoms with Crippen LogP contribution in [0.15, 0.2) is 29.3 Å². The number of benzene rings is 1. The lowest BCUT2D eigenvalue weighted by Crippen LogP contribution is -2.38. The van der Waals surface area contributed by atoms with E-state index in [-0.39, 0.29) is 29.8 Å². The number of hydrogen-bond acceptors (Lipinski definition) is 1. The summed E-state index contributed by atoms with van der Waals surface area (Å²) in [6.07, 6.45) is 3.31. The number of hydrogen-bond donors (Lipinski definition) is 2. The van der Waals surface area contributed by atoms with E-state index in [2.05, 4.69) is 22.5 Å². The van der Waals surface area contributed by atoms with Crippen LogP contribution in [-0.4, -0.2) is 25.1 Å². The summed E-state index contributed by atoms with van der Waals surface area (Å²) in [6, 6.07) is 7.21. The Labute approximate surface area is 131 Å². The van der Waals surface area contributed by atoms with Crippen molar-refractivity contribution >= 4 is 29.9 Å². The molecule has 0 amide bonds. The predicted octanol–water partition coefficient (Wildman–Crippen LogP) is 2.70. The first-order valence-electron chi connectivity index (χ1n) is 6.57. The Morgan fingerprint density at radius 1 is 1.32 bits per heavy atom. The third kappa shape index (κ3) is 6.22. The van der Waals surface area contributed by atoms with Crippen LogP contribution in [0.25, 0.3) is 0 Å². The first-order chi connectivity index (χ1) is 8.78. The Morgan fingerprint density at radius 2 is 2.00 bits per heavy atom. The highest BCUT2D eigenvalue weighted by molar-refractivity contribution is 14.0. The van der Waals surface area contributed by atoms with E-state index >= 15 is 0 Å². The zero-order valence-corrected chi connectivity index (χ0v) is 13.5. The molecule has 1 aliphatic rings. The zero-order valence-electron chi connectivity index (χ0n) is 11.2. The molecule has 2 N–H and O–H groups in total. The van der Waals surface area contributed by atoms with E-state index in [1.807, 2.05) is 12.1 Å². The molecule has 19 heavy (non-hydrogen) atoms. The Bertz CT molecular complexity index is 402. The summed E-state index contributed by atoms with van der Waals surface area (Å²) in [4.78, 5) is 4.51. The number of nitrogens with one attached hydrogen (secondary N) is 2. The van der Waals surface area contributed by atoms with Crippen LogP contribution in [0.1, 0.15) is 25.3 Å². The van der Waals surface area contributed by atoms with Gasteiger partial charge in [-0.15, -0.1) is 24.0 Å². The van der Waals surface area contributed by atoms with E-state index in [1.54, 1.807) is 0 Å². The highest BCUT2D eigenvalue weighted by atomic mass is 127. The van der Waals surface area contributed by atoms with Gasteiger partial charge in [0.15, 0.2) is 5.96 Å². The Balaban J connectivity index is 0.00000180. The Hall–Kier alpha value is -0.850. The second-order valence-corrected chi connectivity index (χ2v) is 4.56. The molecule has 0 saturated heterocycles. The maximum atomic E-state index is 12.7. The molecule has 0 aliphatic heterocycles. The molecule has 1 aromatic carbocycles. The molecule has 0 unspecified atom stereocenters. The molecular formula is C14H21FIN3. The molecule has 0 atom stereocenters. The Morgan fingerprint density at radius 3 is 2.58 bits per heavy atom. The van der Waals surface area contributed by atoms with E-state index < -0.39 is 0 Å². The van der Waals surface area contributed by atoms with Gasteiger partial charge in [-0.2, -0.15) is 0 Å². The molecule has 106 valence electrons. The second kappa shape index (κ2) is 8.35. The van der Waals surface area contributed by atoms with Gasteiger partial charge in [0.25, 0.3) is 0 Å². The van der Waals surface area contributed by atoms with Crippen LogP contribution in [0, 0.1) is 5.82 Å². The lowest BCUT2D eigenvalue weighted by molar-refractivity contribution is 0.627. The van der Waals surface area contributed by atoms with E-state index in [0.29, 0.717) is 12.6 Å². The SMILES string of the molecule is CCNC(=NCCc1ccc(F)cc1)NC1CC1.I. The largest absolute Gasteiger partial charge is 0.357 e. The van der Waals surface area contributed by atoms with Gasteiger partial charge in [0.1, 0.15) is 5.82 Å². The summed E-state index contributed by atoms with van der Waals surface area (Å²) < 4.78 is 12.7. The highest BCUT2D eigenvalue weighted by Gasteiger charge is 2.21. The van der Waals surface area contributed by atoms with E-state index in [9.17, 15) is 4.39 Å². The maximum Gasteiger partial charge on any atom is 0.191 e. The molecule has 1 saturated carbocycles. The maximum absolute atomic E-state index is 12.7. The lowest BCUT2D eigenvalue weighted by Gasteiger charge is -2.10. The number of halogens is 2. The number of nitrogens with zero attached hydrogens (tertiary/aromatic N) is 1. The van der Waals surface area contributed by atoms with Crippen LogP contribution >= 0.6 is 24.0 Å². The summed E-state index contributed by atoms with van der Waals surface area (Å²) >= 11 is 0. The van der Waals surface area contributed by atoms with Crippen molar-refractivity contribution < 1.29 is 4.39 Å². The van der Waals surface area contributed by atoms with Gasteiger partial charge in [0.2, 0.25) is 0 Å². The lowest BCUT2D eigenvalue weighted by atomic mass is 10.1. The molecule has 0 heterocycles. The third-order valence-electron chi connectivity index (χ3n) is 2.85. The molecule has 0 radical (unpaired) electrons. The molecule has 1 aromatic rings. The topological polar surface area (TPSA) is 36.4 Å². The van der Waals surface area contributed by atoms with Crippen molar-refractivity contribution in [3.8, 4) is 0 Å². The minimum Gasteiger partial charge on any atom is -0.357 e. The van der Waals surface area contributed by atoms with Gasteiger partial charge in [-0.05, 0) is 43.9 Å². The average Bonchev–Trinajstić information content (AvgIpc) is 3.16. The van der Waals surface area contributed by atoms with Gasteiger partial charge in [-0.25, -0.2) is 4.39 Å². The summed E-state index contributed by atoms with van der Waals surface area (Å²) in [6.45, 7) is 3.65. The molecule has 2 rings (SSSR count). The number of guanidine groups is 1. The van der Waals surface area contributed by atoms with E-state index in [1.165, 1.54) is 25.0 Å². The molecule has 1 aliphatic carbocycles. The van der Waals surface area contributed by atoms with Crippen molar-refractivity contribution in [2.45, 2.75) is 32.2 Å². The summed E-state index contributed by atoms with van der Waals surface area (Å²) in [5, 5.41) is 6.59. The first-order valence-corrected chi connectivity index (χ1v) is 6.57. The van der Waals surface area contributed by atoms with Crippen molar-refractivity contribution in [2.75, 3.05) is 13.1 Å². The Kier molecular flexibility index (Phi) is 7.12. The van der Waals surface area contributed by atoms with Crippen LogP contribution < -0.4 is 10.6 Å². The van der Waals surface area contributed by atoms with Crippen molar-refractivity contribution in [1.82, 2.24) is 10.6 Å². The van der Waals surface area contributed by atoms with Crippen molar-refractivity contribution in [3.05, 3.63) is 35.6 Å². The van der Waals surface area contributed by atoms with Crippen molar-refractivity contribution in [3.63, 3.8) is 0 Å². The molecular weight excluding hydrogens is 356 g/mol. The number of rotatable bonds is 5. The normalized spacial score (nSPS) is 14.7. The van der Waals surface area contributed by atoms with Gasteiger partial charge < -0.3 is 10.6 Å². The van der Waals surface area contributed by atoms with Crippen LogP contribution in [0.3, 0.4) is 0 Å². The van der Waals surface area contributed by atoms with Crippen LogP contribution in [0.5, 0.6) is 0 Å². The van der Waals surface area contributed by atoms with Gasteiger partial charge in [-0.1, -0.05) is 12.1 Å². The minimum absolute atomic E-state index is 0.